The Balaban J connectivity index is 2.05. The largest absolute Gasteiger partial charge is 0.488 e. The van der Waals surface area contributed by atoms with E-state index in [1.807, 2.05) is 0 Å². The predicted octanol–water partition coefficient (Wildman–Crippen LogP) is 2.72. The van der Waals surface area contributed by atoms with Crippen molar-refractivity contribution in [3.63, 3.8) is 0 Å². The molecule has 4 heteroatoms. The summed E-state index contributed by atoms with van der Waals surface area (Å²) in [6.07, 6.45) is 2.28. The summed E-state index contributed by atoms with van der Waals surface area (Å²) in [5.41, 5.74) is 0. The van der Waals surface area contributed by atoms with Crippen LogP contribution in [-0.4, -0.2) is 19.2 Å². The minimum absolute atomic E-state index is 0.150. The summed E-state index contributed by atoms with van der Waals surface area (Å²) >= 11 is 3.35. The number of halogens is 2. The Morgan fingerprint density at radius 3 is 3.07 bits per heavy atom. The van der Waals surface area contributed by atoms with Crippen molar-refractivity contribution in [3.8, 4) is 5.75 Å². The molecule has 1 aliphatic rings. The van der Waals surface area contributed by atoms with E-state index < -0.39 is 0 Å². The van der Waals surface area contributed by atoms with E-state index in [1.165, 1.54) is 12.1 Å². The molecular weight excluding hydrogens is 261 g/mol. The van der Waals surface area contributed by atoms with Crippen LogP contribution in [0.5, 0.6) is 5.75 Å². The first kappa shape index (κ1) is 10.9. The molecule has 0 aliphatic carbocycles. The lowest BCUT2D eigenvalue weighted by Crippen LogP contribution is -2.37. The van der Waals surface area contributed by atoms with Crippen molar-refractivity contribution < 1.29 is 9.13 Å². The quantitative estimate of drug-likeness (QED) is 0.895. The Morgan fingerprint density at radius 1 is 1.47 bits per heavy atom. The third-order valence-electron chi connectivity index (χ3n) is 2.44. The lowest BCUT2D eigenvalue weighted by atomic mass is 10.1. The Hall–Kier alpha value is -0.610. The van der Waals surface area contributed by atoms with Gasteiger partial charge < -0.3 is 10.1 Å². The number of hydrogen-bond acceptors (Lipinski definition) is 2. The van der Waals surface area contributed by atoms with Gasteiger partial charge in [-0.05, 0) is 47.4 Å². The van der Waals surface area contributed by atoms with Crippen LogP contribution in [0.3, 0.4) is 0 Å². The van der Waals surface area contributed by atoms with Gasteiger partial charge in [0.2, 0.25) is 0 Å². The van der Waals surface area contributed by atoms with Crippen LogP contribution in [0.1, 0.15) is 12.8 Å². The molecule has 1 aliphatic heterocycles. The molecule has 1 aromatic carbocycles. The van der Waals surface area contributed by atoms with Gasteiger partial charge in [-0.15, -0.1) is 0 Å². The van der Waals surface area contributed by atoms with Gasteiger partial charge in [-0.3, -0.25) is 0 Å². The zero-order chi connectivity index (χ0) is 10.7. The number of ether oxygens (including phenoxy) is 1. The molecule has 1 N–H and O–H groups in total. The first-order chi connectivity index (χ1) is 7.25. The molecule has 2 rings (SSSR count). The molecule has 0 saturated carbocycles. The first-order valence-electron chi connectivity index (χ1n) is 5.08. The lowest BCUT2D eigenvalue weighted by molar-refractivity contribution is 0.165. The van der Waals surface area contributed by atoms with Gasteiger partial charge in [-0.1, -0.05) is 0 Å². The third kappa shape index (κ3) is 2.92. The maximum absolute atomic E-state index is 13.0. The minimum Gasteiger partial charge on any atom is -0.488 e. The van der Waals surface area contributed by atoms with E-state index in [-0.39, 0.29) is 11.9 Å². The normalized spacial score (nSPS) is 21.3. The van der Waals surface area contributed by atoms with Gasteiger partial charge in [-0.2, -0.15) is 0 Å². The number of nitrogens with one attached hydrogen (secondary N) is 1. The van der Waals surface area contributed by atoms with Crippen LogP contribution < -0.4 is 10.1 Å². The summed E-state index contributed by atoms with van der Waals surface area (Å²) in [4.78, 5) is 0. The molecule has 0 radical (unpaired) electrons. The van der Waals surface area contributed by atoms with Crippen LogP contribution >= 0.6 is 15.9 Å². The molecule has 0 amide bonds. The second kappa shape index (κ2) is 4.94. The smallest absolute Gasteiger partial charge is 0.136 e. The molecule has 1 unspecified atom stereocenters. The maximum Gasteiger partial charge on any atom is 0.136 e. The number of benzene rings is 1. The number of piperidine rings is 1. The fourth-order valence-electron chi connectivity index (χ4n) is 1.67. The van der Waals surface area contributed by atoms with E-state index in [1.54, 1.807) is 6.07 Å². The summed E-state index contributed by atoms with van der Waals surface area (Å²) in [5, 5.41) is 3.26. The SMILES string of the molecule is Fc1ccc(Br)c(OC2CCCNC2)c1. The molecule has 15 heavy (non-hydrogen) atoms. The second-order valence-corrected chi connectivity index (χ2v) is 4.52. The van der Waals surface area contributed by atoms with Gasteiger partial charge in [0.25, 0.3) is 0 Å². The van der Waals surface area contributed by atoms with Crippen molar-refractivity contribution in [2.75, 3.05) is 13.1 Å². The second-order valence-electron chi connectivity index (χ2n) is 3.66. The van der Waals surface area contributed by atoms with Gasteiger partial charge in [-0.25, -0.2) is 4.39 Å². The molecule has 1 heterocycles. The zero-order valence-electron chi connectivity index (χ0n) is 8.30. The van der Waals surface area contributed by atoms with Crippen LogP contribution in [0.25, 0.3) is 0 Å². The highest BCUT2D eigenvalue weighted by atomic mass is 79.9. The molecule has 2 nitrogen and oxygen atoms in total. The van der Waals surface area contributed by atoms with Crippen molar-refractivity contribution in [2.24, 2.45) is 0 Å². The highest BCUT2D eigenvalue weighted by molar-refractivity contribution is 9.10. The van der Waals surface area contributed by atoms with Crippen LogP contribution in [0, 0.1) is 5.82 Å². The molecule has 0 bridgehead atoms. The van der Waals surface area contributed by atoms with Crippen molar-refractivity contribution in [3.05, 3.63) is 28.5 Å². The van der Waals surface area contributed by atoms with Crippen molar-refractivity contribution in [1.82, 2.24) is 5.32 Å². The third-order valence-corrected chi connectivity index (χ3v) is 3.09. The molecule has 1 aromatic rings. The lowest BCUT2D eigenvalue weighted by Gasteiger charge is -2.24. The molecule has 82 valence electrons. The van der Waals surface area contributed by atoms with E-state index in [4.69, 9.17) is 4.74 Å². The Morgan fingerprint density at radius 2 is 2.33 bits per heavy atom. The zero-order valence-corrected chi connectivity index (χ0v) is 9.89. The summed E-state index contributed by atoms with van der Waals surface area (Å²) in [6.45, 7) is 1.88. The van der Waals surface area contributed by atoms with Gasteiger partial charge in [0.15, 0.2) is 0 Å². The molecular formula is C11H13BrFNO. The van der Waals surface area contributed by atoms with Gasteiger partial charge in [0.1, 0.15) is 17.7 Å². The van der Waals surface area contributed by atoms with Crippen molar-refractivity contribution in [2.45, 2.75) is 18.9 Å². The standard InChI is InChI=1S/C11H13BrFNO/c12-10-4-3-8(13)6-11(10)15-9-2-1-5-14-7-9/h3-4,6,9,14H,1-2,5,7H2. The summed E-state index contributed by atoms with van der Waals surface area (Å²) in [5.74, 6) is 0.320. The average molecular weight is 274 g/mol. The summed E-state index contributed by atoms with van der Waals surface area (Å²) < 4.78 is 19.5. The van der Waals surface area contributed by atoms with Crippen LogP contribution in [0.4, 0.5) is 4.39 Å². The highest BCUT2D eigenvalue weighted by Crippen LogP contribution is 2.27. The van der Waals surface area contributed by atoms with Crippen LogP contribution in [-0.2, 0) is 0 Å². The molecule has 0 aromatic heterocycles. The molecule has 1 atom stereocenters. The fourth-order valence-corrected chi connectivity index (χ4v) is 2.01. The summed E-state index contributed by atoms with van der Waals surface area (Å²) in [7, 11) is 0. The maximum atomic E-state index is 13.0. The van der Waals surface area contributed by atoms with Crippen LogP contribution in [0.15, 0.2) is 22.7 Å². The summed E-state index contributed by atoms with van der Waals surface area (Å²) in [6, 6.07) is 4.50. The Bertz CT molecular complexity index is 339. The minimum atomic E-state index is -0.267. The van der Waals surface area contributed by atoms with E-state index in [0.29, 0.717) is 5.75 Å². The molecule has 1 saturated heterocycles. The van der Waals surface area contributed by atoms with Crippen molar-refractivity contribution >= 4 is 15.9 Å². The first-order valence-corrected chi connectivity index (χ1v) is 5.87. The number of hydrogen-bond donors (Lipinski definition) is 1. The van der Waals surface area contributed by atoms with Crippen molar-refractivity contribution in [1.29, 1.82) is 0 Å². The Kier molecular flexibility index (Phi) is 3.59. The van der Waals surface area contributed by atoms with Crippen LogP contribution in [0.2, 0.25) is 0 Å². The average Bonchev–Trinajstić information content (AvgIpc) is 2.25. The van der Waals surface area contributed by atoms with E-state index >= 15 is 0 Å². The molecule has 0 spiro atoms. The van der Waals surface area contributed by atoms with Gasteiger partial charge in [0, 0.05) is 12.6 Å². The topological polar surface area (TPSA) is 21.3 Å². The predicted molar refractivity (Wildman–Crippen MR) is 60.6 cm³/mol. The van der Waals surface area contributed by atoms with E-state index in [9.17, 15) is 4.39 Å². The fraction of sp³-hybridized carbons (Fsp3) is 0.455. The Labute approximate surface area is 96.9 Å². The molecule has 1 fully saturated rings. The monoisotopic (exact) mass is 273 g/mol. The number of rotatable bonds is 2. The van der Waals surface area contributed by atoms with Gasteiger partial charge >= 0.3 is 0 Å². The van der Waals surface area contributed by atoms with E-state index in [2.05, 4.69) is 21.2 Å². The highest BCUT2D eigenvalue weighted by Gasteiger charge is 2.15. The van der Waals surface area contributed by atoms with Gasteiger partial charge in [0.05, 0.1) is 4.47 Å². The van der Waals surface area contributed by atoms with E-state index in [0.717, 1.165) is 30.4 Å².